The smallest absolute Gasteiger partial charge is 0.239 e. The molecule has 0 radical (unpaired) electrons. The van der Waals surface area contributed by atoms with Crippen molar-refractivity contribution >= 4 is 10.0 Å². The van der Waals surface area contributed by atoms with Crippen LogP contribution in [0.5, 0.6) is 5.75 Å². The zero-order chi connectivity index (χ0) is 12.3. The Morgan fingerprint density at radius 3 is 2.50 bits per heavy atom. The Morgan fingerprint density at radius 2 is 2.06 bits per heavy atom. The Bertz CT molecular complexity index is 529. The van der Waals surface area contributed by atoms with Crippen LogP contribution in [-0.2, 0) is 10.0 Å². The lowest BCUT2D eigenvalue weighted by molar-refractivity contribution is 0.241. The van der Waals surface area contributed by atoms with E-state index in [1.165, 1.54) is 18.2 Å². The fourth-order valence-corrected chi connectivity index (χ4v) is 1.91. The van der Waals surface area contributed by atoms with Gasteiger partial charge in [0, 0.05) is 0 Å². The first kappa shape index (κ1) is 12.5. The van der Waals surface area contributed by atoms with E-state index in [1.54, 1.807) is 19.9 Å². The van der Waals surface area contributed by atoms with E-state index in [0.29, 0.717) is 0 Å². The third kappa shape index (κ3) is 2.72. The van der Waals surface area contributed by atoms with E-state index in [-0.39, 0.29) is 22.3 Å². The highest BCUT2D eigenvalue weighted by atomic mass is 32.2. The van der Waals surface area contributed by atoms with Crippen molar-refractivity contribution < 1.29 is 13.2 Å². The van der Waals surface area contributed by atoms with Gasteiger partial charge in [-0.3, -0.25) is 0 Å². The molecule has 0 aliphatic carbocycles. The molecule has 0 fully saturated rings. The van der Waals surface area contributed by atoms with E-state index in [9.17, 15) is 8.42 Å². The average molecular weight is 240 g/mol. The largest absolute Gasteiger partial charge is 0.490 e. The highest BCUT2D eigenvalue weighted by Gasteiger charge is 2.18. The van der Waals surface area contributed by atoms with Crippen molar-refractivity contribution in [1.29, 1.82) is 5.26 Å². The Kier molecular flexibility index (Phi) is 3.52. The minimum absolute atomic E-state index is 0.0568. The van der Waals surface area contributed by atoms with Crippen LogP contribution in [0.2, 0.25) is 0 Å². The molecule has 2 N–H and O–H groups in total. The zero-order valence-electron chi connectivity index (χ0n) is 8.97. The Morgan fingerprint density at radius 1 is 1.44 bits per heavy atom. The fraction of sp³-hybridized carbons (Fsp3) is 0.300. The van der Waals surface area contributed by atoms with Crippen LogP contribution in [0.1, 0.15) is 19.4 Å². The van der Waals surface area contributed by atoms with E-state index in [2.05, 4.69) is 0 Å². The number of nitrogens with zero attached hydrogens (tertiary/aromatic N) is 1. The Labute approximate surface area is 94.5 Å². The molecule has 1 aromatic rings. The molecule has 5 nitrogen and oxygen atoms in total. The van der Waals surface area contributed by atoms with Crippen LogP contribution in [0.4, 0.5) is 0 Å². The average Bonchev–Trinajstić information content (AvgIpc) is 2.15. The minimum Gasteiger partial charge on any atom is -0.490 e. The van der Waals surface area contributed by atoms with Gasteiger partial charge in [-0.05, 0) is 26.0 Å². The molecule has 0 unspecified atom stereocenters. The molecule has 0 aliphatic rings. The number of sulfonamides is 1. The van der Waals surface area contributed by atoms with Gasteiger partial charge in [-0.2, -0.15) is 5.26 Å². The number of hydrogen-bond acceptors (Lipinski definition) is 4. The van der Waals surface area contributed by atoms with Crippen LogP contribution < -0.4 is 9.88 Å². The lowest BCUT2D eigenvalue weighted by atomic mass is 10.2. The van der Waals surface area contributed by atoms with Gasteiger partial charge in [-0.1, -0.05) is 6.07 Å². The predicted molar refractivity (Wildman–Crippen MR) is 58.3 cm³/mol. The van der Waals surface area contributed by atoms with Crippen molar-refractivity contribution in [2.24, 2.45) is 5.14 Å². The van der Waals surface area contributed by atoms with Gasteiger partial charge in [0.25, 0.3) is 0 Å². The molecular formula is C10H12N2O3S. The lowest BCUT2D eigenvalue weighted by Crippen LogP contribution is -2.15. The monoisotopic (exact) mass is 240 g/mol. The van der Waals surface area contributed by atoms with Crippen LogP contribution in [0, 0.1) is 11.3 Å². The van der Waals surface area contributed by atoms with Gasteiger partial charge >= 0.3 is 0 Å². The summed E-state index contributed by atoms with van der Waals surface area (Å²) >= 11 is 0. The molecule has 0 amide bonds. The summed E-state index contributed by atoms with van der Waals surface area (Å²) in [7, 11) is -3.91. The maximum Gasteiger partial charge on any atom is 0.239 e. The second kappa shape index (κ2) is 4.51. The molecule has 86 valence electrons. The number of nitriles is 1. The molecule has 0 aromatic heterocycles. The normalized spacial score (nSPS) is 11.2. The van der Waals surface area contributed by atoms with Crippen molar-refractivity contribution in [3.63, 3.8) is 0 Å². The van der Waals surface area contributed by atoms with Gasteiger partial charge in [0.05, 0.1) is 6.10 Å². The molecule has 0 saturated carbocycles. The molecule has 0 aliphatic heterocycles. The highest BCUT2D eigenvalue weighted by Crippen LogP contribution is 2.25. The molecule has 1 rings (SSSR count). The molecule has 0 heterocycles. The fourth-order valence-electron chi connectivity index (χ4n) is 1.21. The first-order valence-corrected chi connectivity index (χ1v) is 6.13. The van der Waals surface area contributed by atoms with Crippen molar-refractivity contribution in [2.75, 3.05) is 0 Å². The number of hydrogen-bond donors (Lipinski definition) is 1. The third-order valence-electron chi connectivity index (χ3n) is 1.77. The summed E-state index contributed by atoms with van der Waals surface area (Å²) in [6.07, 6.45) is -0.150. The second-order valence-corrected chi connectivity index (χ2v) is 4.98. The molecule has 6 heteroatoms. The van der Waals surface area contributed by atoms with Crippen molar-refractivity contribution in [3.8, 4) is 11.8 Å². The van der Waals surface area contributed by atoms with Crippen LogP contribution in [0.15, 0.2) is 23.1 Å². The van der Waals surface area contributed by atoms with Gasteiger partial charge in [-0.15, -0.1) is 0 Å². The summed E-state index contributed by atoms with van der Waals surface area (Å²) < 4.78 is 27.8. The number of rotatable bonds is 3. The van der Waals surface area contributed by atoms with Crippen LogP contribution in [0.3, 0.4) is 0 Å². The first-order valence-electron chi connectivity index (χ1n) is 4.59. The number of benzene rings is 1. The Balaban J connectivity index is 3.40. The van der Waals surface area contributed by atoms with Crippen molar-refractivity contribution in [2.45, 2.75) is 24.8 Å². The van der Waals surface area contributed by atoms with E-state index in [0.717, 1.165) is 0 Å². The number of nitrogens with two attached hydrogens (primary N) is 1. The topological polar surface area (TPSA) is 93.2 Å². The summed E-state index contributed by atoms with van der Waals surface area (Å²) in [6, 6.07) is 6.09. The van der Waals surface area contributed by atoms with Gasteiger partial charge in [0.1, 0.15) is 22.3 Å². The summed E-state index contributed by atoms with van der Waals surface area (Å²) in [5, 5.41) is 13.9. The Hall–Kier alpha value is -1.58. The van der Waals surface area contributed by atoms with E-state index in [4.69, 9.17) is 15.1 Å². The zero-order valence-corrected chi connectivity index (χ0v) is 9.78. The minimum atomic E-state index is -3.91. The number of ether oxygens (including phenoxy) is 1. The van der Waals surface area contributed by atoms with E-state index < -0.39 is 10.0 Å². The molecule has 0 saturated heterocycles. The quantitative estimate of drug-likeness (QED) is 0.852. The van der Waals surface area contributed by atoms with Crippen molar-refractivity contribution in [1.82, 2.24) is 0 Å². The van der Waals surface area contributed by atoms with Gasteiger partial charge in [0.15, 0.2) is 0 Å². The van der Waals surface area contributed by atoms with Gasteiger partial charge < -0.3 is 4.74 Å². The van der Waals surface area contributed by atoms with E-state index in [1.807, 2.05) is 0 Å². The number of primary sulfonamides is 1. The third-order valence-corrected chi connectivity index (χ3v) is 2.72. The molecule has 16 heavy (non-hydrogen) atoms. The van der Waals surface area contributed by atoms with Crippen LogP contribution in [-0.4, -0.2) is 14.5 Å². The second-order valence-electron chi connectivity index (χ2n) is 3.45. The summed E-state index contributed by atoms with van der Waals surface area (Å²) in [5.74, 6) is 0.226. The standard InChI is InChI=1S/C10H12N2O3S/c1-7(2)15-9-4-3-5-10(8(9)6-11)16(12,13)14/h3-5,7H,1-2H3,(H2,12,13,14). The van der Waals surface area contributed by atoms with Crippen molar-refractivity contribution in [3.05, 3.63) is 23.8 Å². The molecule has 0 bridgehead atoms. The van der Waals surface area contributed by atoms with Gasteiger partial charge in [-0.25, -0.2) is 13.6 Å². The molecule has 0 atom stereocenters. The first-order chi connectivity index (χ1) is 7.36. The summed E-state index contributed by atoms with van der Waals surface area (Å²) in [5.41, 5.74) is -0.0568. The van der Waals surface area contributed by atoms with E-state index >= 15 is 0 Å². The SMILES string of the molecule is CC(C)Oc1cccc(S(N)(=O)=O)c1C#N. The summed E-state index contributed by atoms with van der Waals surface area (Å²) in [6.45, 7) is 3.57. The predicted octanol–water partition coefficient (Wildman–Crippen LogP) is 0.993. The maximum absolute atomic E-state index is 11.2. The van der Waals surface area contributed by atoms with Gasteiger partial charge in [0.2, 0.25) is 10.0 Å². The van der Waals surface area contributed by atoms with Crippen LogP contribution >= 0.6 is 0 Å². The highest BCUT2D eigenvalue weighted by molar-refractivity contribution is 7.89. The summed E-state index contributed by atoms with van der Waals surface area (Å²) in [4.78, 5) is -0.215. The maximum atomic E-state index is 11.2. The lowest BCUT2D eigenvalue weighted by Gasteiger charge is -2.12. The molecule has 1 aromatic carbocycles. The van der Waals surface area contributed by atoms with Crippen LogP contribution in [0.25, 0.3) is 0 Å². The molecular weight excluding hydrogens is 228 g/mol. The molecule has 0 spiro atoms.